The molecule has 0 bridgehead atoms. The molecule has 1 aromatic heterocycles. The van der Waals surface area contributed by atoms with E-state index in [4.69, 9.17) is 0 Å². The first-order chi connectivity index (χ1) is 10.4. The molecule has 0 amide bonds. The van der Waals surface area contributed by atoms with E-state index in [-0.39, 0.29) is 5.56 Å². The van der Waals surface area contributed by atoms with Crippen LogP contribution in [-0.2, 0) is 6.54 Å². The first-order valence-electron chi connectivity index (χ1n) is 7.20. The lowest BCUT2D eigenvalue weighted by molar-refractivity contribution is 0.598. The molecule has 0 spiro atoms. The molecule has 0 saturated heterocycles. The molecule has 2 nitrogen and oxygen atoms in total. The summed E-state index contributed by atoms with van der Waals surface area (Å²) in [6.45, 7) is 0.825. The Kier molecular flexibility index (Phi) is 3.08. The highest BCUT2D eigenvalue weighted by molar-refractivity contribution is 7.99. The van der Waals surface area contributed by atoms with Crippen LogP contribution in [-0.4, -0.2) is 10.3 Å². The Morgan fingerprint density at radius 3 is 2.43 bits per heavy atom. The van der Waals surface area contributed by atoms with Gasteiger partial charge < -0.3 is 4.57 Å². The molecular formula is C18H15NOS. The molecule has 0 saturated carbocycles. The normalized spacial score (nSPS) is 14.1. The van der Waals surface area contributed by atoms with Gasteiger partial charge in [-0.05, 0) is 23.4 Å². The van der Waals surface area contributed by atoms with Crippen molar-refractivity contribution in [3.05, 3.63) is 65.0 Å². The van der Waals surface area contributed by atoms with E-state index in [0.29, 0.717) is 0 Å². The molecule has 2 heterocycles. The Balaban J connectivity index is 2.18. The van der Waals surface area contributed by atoms with Crippen molar-refractivity contribution >= 4 is 22.5 Å². The third-order valence-corrected chi connectivity index (χ3v) is 5.15. The van der Waals surface area contributed by atoms with Crippen LogP contribution in [0.25, 0.3) is 21.9 Å². The molecule has 1 aliphatic heterocycles. The zero-order valence-electron chi connectivity index (χ0n) is 11.6. The fraction of sp³-hybridized carbons (Fsp3) is 0.167. The molecule has 0 aliphatic carbocycles. The second-order valence-electron chi connectivity index (χ2n) is 5.25. The average Bonchev–Trinajstić information content (AvgIpc) is 2.56. The first kappa shape index (κ1) is 12.7. The van der Waals surface area contributed by atoms with Crippen LogP contribution >= 0.6 is 11.8 Å². The van der Waals surface area contributed by atoms with Gasteiger partial charge in [-0.3, -0.25) is 4.79 Å². The fourth-order valence-corrected chi connectivity index (χ4v) is 4.17. The molecule has 3 heteroatoms. The third kappa shape index (κ3) is 2.00. The van der Waals surface area contributed by atoms with E-state index in [1.165, 1.54) is 11.1 Å². The predicted molar refractivity (Wildman–Crippen MR) is 89.0 cm³/mol. The van der Waals surface area contributed by atoms with Gasteiger partial charge in [0.05, 0.1) is 5.03 Å². The summed E-state index contributed by atoms with van der Waals surface area (Å²) >= 11 is 1.80. The standard InChI is InChI=1S/C18H15NOS/c20-17-15-10-5-4-9-14(15)16(13-7-2-1-3-8-13)18-19(17)11-6-12-21-18/h1-5,7-10H,6,11-12H2. The van der Waals surface area contributed by atoms with Crippen LogP contribution in [0.1, 0.15) is 6.42 Å². The Labute approximate surface area is 127 Å². The highest BCUT2D eigenvalue weighted by Gasteiger charge is 2.20. The van der Waals surface area contributed by atoms with E-state index in [0.717, 1.165) is 34.5 Å². The van der Waals surface area contributed by atoms with Gasteiger partial charge in [0.2, 0.25) is 0 Å². The van der Waals surface area contributed by atoms with Crippen molar-refractivity contribution in [3.63, 3.8) is 0 Å². The van der Waals surface area contributed by atoms with E-state index < -0.39 is 0 Å². The summed E-state index contributed by atoms with van der Waals surface area (Å²) < 4.78 is 1.96. The summed E-state index contributed by atoms with van der Waals surface area (Å²) in [7, 11) is 0. The summed E-state index contributed by atoms with van der Waals surface area (Å²) in [4.78, 5) is 12.7. The van der Waals surface area contributed by atoms with E-state index in [1.807, 2.05) is 28.8 Å². The van der Waals surface area contributed by atoms with Gasteiger partial charge >= 0.3 is 0 Å². The summed E-state index contributed by atoms with van der Waals surface area (Å²) in [6.07, 6.45) is 1.06. The predicted octanol–water partition coefficient (Wildman–Crippen LogP) is 4.16. The molecule has 0 atom stereocenters. The van der Waals surface area contributed by atoms with Crippen LogP contribution in [0, 0.1) is 0 Å². The summed E-state index contributed by atoms with van der Waals surface area (Å²) in [6, 6.07) is 18.4. The number of thioether (sulfide) groups is 1. The molecule has 0 N–H and O–H groups in total. The number of aromatic nitrogens is 1. The van der Waals surface area contributed by atoms with Crippen LogP contribution in [0.3, 0.4) is 0 Å². The molecule has 0 unspecified atom stereocenters. The van der Waals surface area contributed by atoms with Crippen molar-refractivity contribution in [3.8, 4) is 11.1 Å². The maximum atomic E-state index is 12.7. The highest BCUT2D eigenvalue weighted by atomic mass is 32.2. The van der Waals surface area contributed by atoms with Gasteiger partial charge in [-0.15, -0.1) is 11.8 Å². The van der Waals surface area contributed by atoms with Gasteiger partial charge in [0, 0.05) is 23.2 Å². The number of pyridine rings is 1. The fourth-order valence-electron chi connectivity index (χ4n) is 3.00. The summed E-state index contributed by atoms with van der Waals surface area (Å²) in [5.74, 6) is 1.08. The summed E-state index contributed by atoms with van der Waals surface area (Å²) in [5, 5.41) is 3.01. The number of nitrogens with zero attached hydrogens (tertiary/aromatic N) is 1. The van der Waals surface area contributed by atoms with Gasteiger partial charge in [0.1, 0.15) is 0 Å². The number of fused-ring (bicyclic) bond motifs is 2. The zero-order chi connectivity index (χ0) is 14.2. The second-order valence-corrected chi connectivity index (χ2v) is 6.33. The van der Waals surface area contributed by atoms with E-state index in [9.17, 15) is 4.79 Å². The Bertz CT molecular complexity index is 868. The largest absolute Gasteiger partial charge is 0.302 e. The average molecular weight is 293 g/mol. The minimum Gasteiger partial charge on any atom is -0.302 e. The molecule has 4 rings (SSSR count). The van der Waals surface area contributed by atoms with Crippen LogP contribution in [0.5, 0.6) is 0 Å². The van der Waals surface area contributed by atoms with Crippen molar-refractivity contribution in [2.24, 2.45) is 0 Å². The van der Waals surface area contributed by atoms with Crippen LogP contribution < -0.4 is 5.56 Å². The number of hydrogen-bond donors (Lipinski definition) is 0. The van der Waals surface area contributed by atoms with Crippen LogP contribution in [0.2, 0.25) is 0 Å². The second kappa shape index (κ2) is 5.08. The van der Waals surface area contributed by atoms with Gasteiger partial charge in [-0.1, -0.05) is 48.5 Å². The van der Waals surface area contributed by atoms with Gasteiger partial charge in [0.25, 0.3) is 5.56 Å². The van der Waals surface area contributed by atoms with Crippen molar-refractivity contribution in [1.29, 1.82) is 0 Å². The van der Waals surface area contributed by atoms with E-state index in [2.05, 4.69) is 30.3 Å². The highest BCUT2D eigenvalue weighted by Crippen LogP contribution is 2.38. The van der Waals surface area contributed by atoms with Crippen molar-refractivity contribution in [1.82, 2.24) is 4.57 Å². The molecule has 0 fully saturated rings. The SMILES string of the molecule is O=c1c2ccccc2c(-c2ccccc2)c2n1CCCS2. The van der Waals surface area contributed by atoms with Crippen molar-refractivity contribution < 1.29 is 0 Å². The van der Waals surface area contributed by atoms with Crippen LogP contribution in [0.15, 0.2) is 64.4 Å². The van der Waals surface area contributed by atoms with Crippen molar-refractivity contribution in [2.75, 3.05) is 5.75 Å². The minimum absolute atomic E-state index is 0.146. The number of rotatable bonds is 1. The number of benzene rings is 2. The molecular weight excluding hydrogens is 278 g/mol. The van der Waals surface area contributed by atoms with Gasteiger partial charge in [-0.25, -0.2) is 0 Å². The monoisotopic (exact) mass is 293 g/mol. The Morgan fingerprint density at radius 2 is 1.62 bits per heavy atom. The van der Waals surface area contributed by atoms with Gasteiger partial charge in [-0.2, -0.15) is 0 Å². The molecule has 0 radical (unpaired) electrons. The molecule has 104 valence electrons. The molecule has 2 aromatic carbocycles. The van der Waals surface area contributed by atoms with Crippen LogP contribution in [0.4, 0.5) is 0 Å². The Morgan fingerprint density at radius 1 is 0.905 bits per heavy atom. The lowest BCUT2D eigenvalue weighted by Crippen LogP contribution is -2.25. The molecule has 1 aliphatic rings. The van der Waals surface area contributed by atoms with Gasteiger partial charge in [0.15, 0.2) is 0 Å². The maximum absolute atomic E-state index is 12.7. The number of hydrogen-bond acceptors (Lipinski definition) is 2. The maximum Gasteiger partial charge on any atom is 0.259 e. The zero-order valence-corrected chi connectivity index (χ0v) is 12.4. The Hall–Kier alpha value is -2.00. The first-order valence-corrected chi connectivity index (χ1v) is 8.18. The molecule has 21 heavy (non-hydrogen) atoms. The van der Waals surface area contributed by atoms with E-state index in [1.54, 1.807) is 11.8 Å². The van der Waals surface area contributed by atoms with E-state index >= 15 is 0 Å². The lowest BCUT2D eigenvalue weighted by Gasteiger charge is -2.23. The topological polar surface area (TPSA) is 22.0 Å². The summed E-state index contributed by atoms with van der Waals surface area (Å²) in [5.41, 5.74) is 2.54. The quantitative estimate of drug-likeness (QED) is 0.672. The smallest absolute Gasteiger partial charge is 0.259 e. The van der Waals surface area contributed by atoms with Crippen molar-refractivity contribution in [2.45, 2.75) is 18.0 Å². The molecule has 3 aromatic rings. The lowest BCUT2D eigenvalue weighted by atomic mass is 10.0. The minimum atomic E-state index is 0.146. The third-order valence-electron chi connectivity index (χ3n) is 3.96.